The molecular formula is C45H69NO6S. The number of thiocarbonyl (C=S) groups is 1. The van der Waals surface area contributed by atoms with Crippen LogP contribution in [0.25, 0.3) is 0 Å². The molecule has 2 aliphatic heterocycles. The van der Waals surface area contributed by atoms with Crippen molar-refractivity contribution in [3.8, 4) is 0 Å². The lowest BCUT2D eigenvalue weighted by molar-refractivity contribution is -0.168. The number of esters is 1. The van der Waals surface area contributed by atoms with Crippen molar-refractivity contribution in [1.82, 2.24) is 4.90 Å². The number of rotatable bonds is 19. The van der Waals surface area contributed by atoms with Crippen molar-refractivity contribution in [2.75, 3.05) is 19.8 Å². The van der Waals surface area contributed by atoms with Crippen molar-refractivity contribution in [2.45, 2.75) is 155 Å². The molecule has 0 aromatic heterocycles. The van der Waals surface area contributed by atoms with E-state index in [1.807, 2.05) is 88.4 Å². The predicted octanol–water partition coefficient (Wildman–Crippen LogP) is 11.5. The van der Waals surface area contributed by atoms with E-state index in [1.54, 1.807) is 0 Å². The van der Waals surface area contributed by atoms with Crippen LogP contribution in [0.5, 0.6) is 0 Å². The van der Waals surface area contributed by atoms with Crippen molar-refractivity contribution in [3.05, 3.63) is 83.9 Å². The Bertz CT molecular complexity index is 1280. The van der Waals surface area contributed by atoms with Crippen LogP contribution in [0.15, 0.2) is 72.8 Å². The molecular weight excluding hydrogens is 683 g/mol. The van der Waals surface area contributed by atoms with E-state index in [4.69, 9.17) is 31.2 Å². The predicted molar refractivity (Wildman–Crippen MR) is 221 cm³/mol. The fraction of sp³-hybridized carbons (Fsp3) is 0.622. The standard InChI is InChI=1S/C26H48O4.C16H13NO2S.C3H8/c1-6-7-8-13-16-19-26(28-21-22-29-26)20-17-14-11-9-10-12-15-18-23(2)24(27)30-25(3,4)5;18-12-17-11-16(19-15(17)20,13-7-3-1-4-8-13)14-9-5-2-6-10-14;1-3-2/h12,15,23H,6-11,13-14,16-22H2,1-5H3;1-10,12H,11H2;3H2,1-2H3/b15-12+;;/t23-;;/m1../s1. The minimum atomic E-state index is -0.722. The zero-order chi connectivity index (χ0) is 39.0. The zero-order valence-corrected chi connectivity index (χ0v) is 34.7. The second kappa shape index (κ2) is 25.1. The van der Waals surface area contributed by atoms with Gasteiger partial charge in [-0.25, -0.2) is 0 Å². The molecule has 2 aromatic rings. The molecule has 8 heteroatoms. The number of ether oxygens (including phenoxy) is 4. The second-order valence-electron chi connectivity index (χ2n) is 15.2. The normalized spacial score (nSPS) is 16.6. The number of carbonyl (C=O) groups is 2. The van der Waals surface area contributed by atoms with Gasteiger partial charge < -0.3 is 18.9 Å². The SMILES string of the molecule is CCC.CCCCCCCC1(CCCCCC/C=C/C[C@@H](C)C(=O)OC(C)(C)C)OCCO1.O=CN1CC(c2ccccc2)(c2ccccc2)OC1=S. The molecule has 0 radical (unpaired) electrons. The lowest BCUT2D eigenvalue weighted by atomic mass is 9.86. The van der Waals surface area contributed by atoms with Crippen LogP contribution < -0.4 is 0 Å². The largest absolute Gasteiger partial charge is 0.460 e. The van der Waals surface area contributed by atoms with Gasteiger partial charge in [-0.05, 0) is 65.1 Å². The van der Waals surface area contributed by atoms with Crippen LogP contribution in [0.4, 0.5) is 0 Å². The number of hydrogen-bond acceptors (Lipinski definition) is 7. The fourth-order valence-electron chi connectivity index (χ4n) is 6.34. The smallest absolute Gasteiger partial charge is 0.309 e. The summed E-state index contributed by atoms with van der Waals surface area (Å²) in [5.41, 5.74) is 0.841. The first-order valence-corrected chi connectivity index (χ1v) is 20.6. The van der Waals surface area contributed by atoms with E-state index in [2.05, 4.69) is 32.9 Å². The summed E-state index contributed by atoms with van der Waals surface area (Å²) in [4.78, 5) is 24.5. The number of nitrogens with zero attached hydrogens (tertiary/aromatic N) is 1. The van der Waals surface area contributed by atoms with Gasteiger partial charge in [0.2, 0.25) is 6.41 Å². The minimum Gasteiger partial charge on any atom is -0.460 e. The van der Waals surface area contributed by atoms with E-state index in [9.17, 15) is 9.59 Å². The molecule has 0 bridgehead atoms. The third-order valence-corrected chi connectivity index (χ3v) is 9.43. The molecule has 0 saturated carbocycles. The summed E-state index contributed by atoms with van der Waals surface area (Å²) >= 11 is 5.16. The number of amides is 1. The number of hydrogen-bond donors (Lipinski definition) is 0. The molecule has 0 aliphatic carbocycles. The average molecular weight is 752 g/mol. The third kappa shape index (κ3) is 16.9. The number of unbranched alkanes of at least 4 members (excludes halogenated alkanes) is 8. The molecule has 1 amide bonds. The van der Waals surface area contributed by atoms with Crippen molar-refractivity contribution in [2.24, 2.45) is 5.92 Å². The highest BCUT2D eigenvalue weighted by Gasteiger charge is 2.46. The molecule has 1 atom stereocenters. The summed E-state index contributed by atoms with van der Waals surface area (Å²) in [6.45, 7) is 16.1. The molecule has 2 saturated heterocycles. The van der Waals surface area contributed by atoms with Gasteiger partial charge in [0.05, 0.1) is 25.7 Å². The summed E-state index contributed by atoms with van der Waals surface area (Å²) in [7, 11) is 0. The van der Waals surface area contributed by atoms with Crippen LogP contribution in [0.3, 0.4) is 0 Å². The molecule has 7 nitrogen and oxygen atoms in total. The first-order chi connectivity index (χ1) is 25.5. The highest BCUT2D eigenvalue weighted by atomic mass is 32.1. The van der Waals surface area contributed by atoms with Gasteiger partial charge >= 0.3 is 5.97 Å². The lowest BCUT2D eigenvalue weighted by Crippen LogP contribution is -2.32. The zero-order valence-electron chi connectivity index (χ0n) is 33.9. The fourth-order valence-corrected chi connectivity index (χ4v) is 6.59. The first-order valence-electron chi connectivity index (χ1n) is 20.2. The monoisotopic (exact) mass is 751 g/mol. The van der Waals surface area contributed by atoms with E-state index in [1.165, 1.54) is 69.1 Å². The molecule has 2 heterocycles. The van der Waals surface area contributed by atoms with Gasteiger partial charge in [0.15, 0.2) is 11.4 Å². The Labute approximate surface area is 327 Å². The van der Waals surface area contributed by atoms with Crippen LogP contribution in [0.1, 0.15) is 149 Å². The summed E-state index contributed by atoms with van der Waals surface area (Å²) in [6.07, 6.45) is 21.5. The molecule has 4 rings (SSSR count). The molecule has 2 aromatic carbocycles. The number of benzene rings is 2. The molecule has 0 spiro atoms. The lowest BCUT2D eigenvalue weighted by Gasteiger charge is -2.28. The van der Waals surface area contributed by atoms with Gasteiger partial charge in [0, 0.05) is 24.0 Å². The summed E-state index contributed by atoms with van der Waals surface area (Å²) in [5.74, 6) is -0.475. The van der Waals surface area contributed by atoms with Crippen molar-refractivity contribution in [1.29, 1.82) is 0 Å². The van der Waals surface area contributed by atoms with Crippen LogP contribution in [0, 0.1) is 5.92 Å². The topological polar surface area (TPSA) is 74.3 Å². The Morgan fingerprint density at radius 2 is 1.34 bits per heavy atom. The van der Waals surface area contributed by atoms with E-state index in [0.29, 0.717) is 6.54 Å². The van der Waals surface area contributed by atoms with E-state index in [0.717, 1.165) is 56.4 Å². The highest BCUT2D eigenvalue weighted by molar-refractivity contribution is 7.80. The summed E-state index contributed by atoms with van der Waals surface area (Å²) < 4.78 is 23.4. The van der Waals surface area contributed by atoms with Crippen LogP contribution >= 0.6 is 12.2 Å². The Balaban J connectivity index is 0.000000362. The Hall–Kier alpha value is -3.07. The van der Waals surface area contributed by atoms with E-state index < -0.39 is 11.2 Å². The van der Waals surface area contributed by atoms with E-state index in [-0.39, 0.29) is 22.8 Å². The molecule has 0 N–H and O–H groups in total. The quantitative estimate of drug-likeness (QED) is 0.0465. The maximum atomic E-state index is 12.0. The molecule has 296 valence electrons. The van der Waals surface area contributed by atoms with Gasteiger partial charge in [-0.2, -0.15) is 0 Å². The number of allylic oxidation sites excluding steroid dienone is 2. The van der Waals surface area contributed by atoms with Gasteiger partial charge in [-0.15, -0.1) is 0 Å². The average Bonchev–Trinajstić information content (AvgIpc) is 3.76. The van der Waals surface area contributed by atoms with Gasteiger partial charge in [0.25, 0.3) is 5.17 Å². The Morgan fingerprint density at radius 1 is 0.830 bits per heavy atom. The van der Waals surface area contributed by atoms with Crippen molar-refractivity contribution >= 4 is 29.8 Å². The minimum absolute atomic E-state index is 0.0787. The Morgan fingerprint density at radius 3 is 1.81 bits per heavy atom. The molecule has 2 aliphatic rings. The molecule has 0 unspecified atom stereocenters. The maximum absolute atomic E-state index is 12.0. The number of carbonyl (C=O) groups excluding carboxylic acids is 2. The van der Waals surface area contributed by atoms with Crippen LogP contribution in [0.2, 0.25) is 0 Å². The van der Waals surface area contributed by atoms with Gasteiger partial charge in [-0.1, -0.05) is 145 Å². The molecule has 53 heavy (non-hydrogen) atoms. The van der Waals surface area contributed by atoms with Gasteiger partial charge in [-0.3, -0.25) is 14.5 Å². The van der Waals surface area contributed by atoms with Crippen molar-refractivity contribution < 1.29 is 28.5 Å². The summed E-state index contributed by atoms with van der Waals surface area (Å²) in [6, 6.07) is 19.7. The first kappa shape index (κ1) is 46.1. The maximum Gasteiger partial charge on any atom is 0.309 e. The second-order valence-corrected chi connectivity index (χ2v) is 15.6. The van der Waals surface area contributed by atoms with Crippen LogP contribution in [-0.4, -0.2) is 53.6 Å². The van der Waals surface area contributed by atoms with E-state index >= 15 is 0 Å². The van der Waals surface area contributed by atoms with Crippen molar-refractivity contribution in [3.63, 3.8) is 0 Å². The molecule has 2 fully saturated rings. The summed E-state index contributed by atoms with van der Waals surface area (Å²) in [5, 5.41) is 0.215. The third-order valence-electron chi connectivity index (χ3n) is 9.12. The Kier molecular flexibility index (Phi) is 21.8. The van der Waals surface area contributed by atoms with Gasteiger partial charge in [0.1, 0.15) is 5.60 Å². The van der Waals surface area contributed by atoms with Crippen LogP contribution in [-0.2, 0) is 34.1 Å². The highest BCUT2D eigenvalue weighted by Crippen LogP contribution is 2.39.